The smallest absolute Gasteiger partial charge is 0.0529 e. The zero-order chi connectivity index (χ0) is 13.6. The van der Waals surface area contributed by atoms with E-state index in [0.717, 1.165) is 36.5 Å². The van der Waals surface area contributed by atoms with Crippen LogP contribution in [0.4, 0.5) is 0 Å². The lowest BCUT2D eigenvalue weighted by atomic mass is 9.87. The predicted molar refractivity (Wildman–Crippen MR) is 79.3 cm³/mol. The minimum Gasteiger partial charge on any atom is -0.330 e. The lowest BCUT2D eigenvalue weighted by Crippen LogP contribution is -2.11. The molecule has 0 aliphatic rings. The molecular weight excluding hydrogens is 242 g/mol. The van der Waals surface area contributed by atoms with Crippen LogP contribution in [-0.2, 0) is 16.2 Å². The molecule has 0 saturated carbocycles. The molecule has 2 nitrogen and oxygen atoms in total. The minimum absolute atomic E-state index is 0.154. The van der Waals surface area contributed by atoms with Crippen LogP contribution >= 0.6 is 0 Å². The van der Waals surface area contributed by atoms with Crippen LogP contribution in [0.2, 0.25) is 0 Å². The van der Waals surface area contributed by atoms with Gasteiger partial charge in [-0.05, 0) is 42.5 Å². The molecule has 0 amide bonds. The Bertz CT molecular complexity index is 378. The third-order valence-corrected chi connectivity index (χ3v) is 4.47. The predicted octanol–water partition coefficient (Wildman–Crippen LogP) is 3.22. The highest BCUT2D eigenvalue weighted by atomic mass is 32.2. The fraction of sp³-hybridized carbons (Fsp3) is 0.600. The van der Waals surface area contributed by atoms with Gasteiger partial charge < -0.3 is 5.73 Å². The summed E-state index contributed by atoms with van der Waals surface area (Å²) >= 11 is 0. The molecule has 0 saturated heterocycles. The van der Waals surface area contributed by atoms with Crippen molar-refractivity contribution >= 4 is 10.8 Å². The maximum absolute atomic E-state index is 12.0. The van der Waals surface area contributed by atoms with Gasteiger partial charge in [0.2, 0.25) is 0 Å². The van der Waals surface area contributed by atoms with Crippen LogP contribution in [0.15, 0.2) is 29.2 Å². The third-order valence-electron chi connectivity index (χ3n) is 3.02. The summed E-state index contributed by atoms with van der Waals surface area (Å²) in [4.78, 5) is 0.941. The first-order valence-electron chi connectivity index (χ1n) is 6.64. The summed E-state index contributed by atoms with van der Waals surface area (Å²) in [6.07, 6.45) is 3.09. The van der Waals surface area contributed by atoms with Crippen molar-refractivity contribution < 1.29 is 4.21 Å². The topological polar surface area (TPSA) is 43.1 Å². The largest absolute Gasteiger partial charge is 0.330 e. The van der Waals surface area contributed by atoms with Gasteiger partial charge in [-0.2, -0.15) is 0 Å². The molecule has 2 N–H and O–H groups in total. The number of nitrogens with two attached hydrogens (primary N) is 1. The van der Waals surface area contributed by atoms with Crippen LogP contribution in [0.25, 0.3) is 0 Å². The fourth-order valence-corrected chi connectivity index (χ4v) is 2.92. The standard InChI is InChI=1S/C15H25NOS/c1-15(2,3)13-7-9-14(10-8-13)18(17)12-6-4-5-11-16/h7-10H,4-6,11-12,16H2,1-3H3. The van der Waals surface area contributed by atoms with Gasteiger partial charge in [-0.25, -0.2) is 0 Å². The lowest BCUT2D eigenvalue weighted by molar-refractivity contribution is 0.589. The minimum atomic E-state index is -0.863. The summed E-state index contributed by atoms with van der Waals surface area (Å²) in [5, 5.41) is 0. The Morgan fingerprint density at radius 3 is 2.17 bits per heavy atom. The zero-order valence-corrected chi connectivity index (χ0v) is 12.6. The van der Waals surface area contributed by atoms with Crippen molar-refractivity contribution in [2.75, 3.05) is 12.3 Å². The first-order valence-corrected chi connectivity index (χ1v) is 7.96. The number of unbranched alkanes of at least 4 members (excludes halogenated alkanes) is 2. The van der Waals surface area contributed by atoms with E-state index in [-0.39, 0.29) is 5.41 Å². The summed E-state index contributed by atoms with van der Waals surface area (Å²) in [5.41, 5.74) is 6.88. The van der Waals surface area contributed by atoms with E-state index in [1.54, 1.807) is 0 Å². The monoisotopic (exact) mass is 267 g/mol. The fourth-order valence-electron chi connectivity index (χ4n) is 1.78. The molecule has 18 heavy (non-hydrogen) atoms. The average molecular weight is 267 g/mol. The Kier molecular flexibility index (Phi) is 6.03. The van der Waals surface area contributed by atoms with Crippen molar-refractivity contribution in [3.05, 3.63) is 29.8 Å². The van der Waals surface area contributed by atoms with E-state index < -0.39 is 10.8 Å². The molecule has 0 bridgehead atoms. The van der Waals surface area contributed by atoms with Crippen molar-refractivity contribution in [3.8, 4) is 0 Å². The highest BCUT2D eigenvalue weighted by Gasteiger charge is 2.13. The number of hydrogen-bond acceptors (Lipinski definition) is 2. The van der Waals surface area contributed by atoms with Crippen molar-refractivity contribution in [1.82, 2.24) is 0 Å². The highest BCUT2D eigenvalue weighted by Crippen LogP contribution is 2.23. The van der Waals surface area contributed by atoms with Gasteiger partial charge in [0.15, 0.2) is 0 Å². The molecule has 0 aliphatic carbocycles. The van der Waals surface area contributed by atoms with Gasteiger partial charge in [0.05, 0.1) is 10.8 Å². The second kappa shape index (κ2) is 7.05. The van der Waals surface area contributed by atoms with Gasteiger partial charge in [0.1, 0.15) is 0 Å². The van der Waals surface area contributed by atoms with E-state index in [2.05, 4.69) is 32.9 Å². The van der Waals surface area contributed by atoms with E-state index in [1.165, 1.54) is 5.56 Å². The Hall–Kier alpha value is -0.670. The molecule has 1 aromatic carbocycles. The van der Waals surface area contributed by atoms with E-state index in [0.29, 0.717) is 0 Å². The Balaban J connectivity index is 2.54. The molecule has 0 heterocycles. The zero-order valence-electron chi connectivity index (χ0n) is 11.7. The van der Waals surface area contributed by atoms with Gasteiger partial charge in [-0.15, -0.1) is 0 Å². The molecule has 0 aliphatic heterocycles. The lowest BCUT2D eigenvalue weighted by Gasteiger charge is -2.19. The molecule has 0 radical (unpaired) electrons. The van der Waals surface area contributed by atoms with Crippen molar-refractivity contribution in [2.45, 2.75) is 50.3 Å². The SMILES string of the molecule is CC(C)(C)c1ccc(S(=O)CCCCCN)cc1. The Morgan fingerprint density at radius 2 is 1.67 bits per heavy atom. The molecular formula is C15H25NOS. The molecule has 3 heteroatoms. The second-order valence-corrected chi connectivity index (χ2v) is 7.24. The molecule has 1 aromatic rings. The summed E-state index contributed by atoms with van der Waals surface area (Å²) in [6, 6.07) is 8.18. The summed E-state index contributed by atoms with van der Waals surface area (Å²) in [6.45, 7) is 7.29. The molecule has 0 fully saturated rings. The Morgan fingerprint density at radius 1 is 1.06 bits per heavy atom. The third kappa shape index (κ3) is 4.91. The molecule has 0 aromatic heterocycles. The van der Waals surface area contributed by atoms with Gasteiger partial charge >= 0.3 is 0 Å². The van der Waals surface area contributed by atoms with Crippen molar-refractivity contribution in [3.63, 3.8) is 0 Å². The van der Waals surface area contributed by atoms with Crippen LogP contribution in [0, 0.1) is 0 Å². The number of benzene rings is 1. The van der Waals surface area contributed by atoms with Crippen LogP contribution in [0.3, 0.4) is 0 Å². The van der Waals surface area contributed by atoms with E-state index in [4.69, 9.17) is 5.73 Å². The summed E-state index contributed by atoms with van der Waals surface area (Å²) < 4.78 is 12.0. The van der Waals surface area contributed by atoms with Crippen LogP contribution in [0.1, 0.15) is 45.6 Å². The van der Waals surface area contributed by atoms with E-state index >= 15 is 0 Å². The molecule has 0 spiro atoms. The van der Waals surface area contributed by atoms with Gasteiger partial charge in [-0.1, -0.05) is 39.3 Å². The molecule has 1 atom stereocenters. The highest BCUT2D eigenvalue weighted by molar-refractivity contribution is 7.85. The Labute approximate surface area is 113 Å². The average Bonchev–Trinajstić information content (AvgIpc) is 2.33. The normalized spacial score (nSPS) is 13.6. The first kappa shape index (κ1) is 15.4. The van der Waals surface area contributed by atoms with E-state index in [9.17, 15) is 4.21 Å². The van der Waals surface area contributed by atoms with E-state index in [1.807, 2.05) is 12.1 Å². The summed E-state index contributed by atoms with van der Waals surface area (Å²) in [5.74, 6) is 0.745. The maximum atomic E-state index is 12.0. The summed E-state index contributed by atoms with van der Waals surface area (Å²) in [7, 11) is -0.863. The number of hydrogen-bond donors (Lipinski definition) is 1. The molecule has 102 valence electrons. The van der Waals surface area contributed by atoms with Crippen LogP contribution < -0.4 is 5.73 Å². The van der Waals surface area contributed by atoms with Gasteiger partial charge in [0.25, 0.3) is 0 Å². The number of rotatable bonds is 6. The van der Waals surface area contributed by atoms with Gasteiger partial charge in [-0.3, -0.25) is 4.21 Å². The first-order chi connectivity index (χ1) is 8.45. The second-order valence-electron chi connectivity index (χ2n) is 5.67. The van der Waals surface area contributed by atoms with Crippen molar-refractivity contribution in [1.29, 1.82) is 0 Å². The maximum Gasteiger partial charge on any atom is 0.0529 e. The van der Waals surface area contributed by atoms with Crippen LogP contribution in [0.5, 0.6) is 0 Å². The quantitative estimate of drug-likeness (QED) is 0.804. The molecule has 1 unspecified atom stereocenters. The molecule has 1 rings (SSSR count). The van der Waals surface area contributed by atoms with Gasteiger partial charge in [0, 0.05) is 10.6 Å². The van der Waals surface area contributed by atoms with Crippen molar-refractivity contribution in [2.24, 2.45) is 5.73 Å². The van der Waals surface area contributed by atoms with Crippen LogP contribution in [-0.4, -0.2) is 16.5 Å².